The van der Waals surface area contributed by atoms with Gasteiger partial charge in [-0.2, -0.15) is 0 Å². The van der Waals surface area contributed by atoms with Gasteiger partial charge in [0, 0.05) is 12.1 Å². The monoisotopic (exact) mass is 250 g/mol. The van der Waals surface area contributed by atoms with Crippen LogP contribution in [0.1, 0.15) is 22.3 Å². The first kappa shape index (κ1) is 14.2. The van der Waals surface area contributed by atoms with Gasteiger partial charge in [0.05, 0.1) is 6.42 Å². The highest BCUT2D eigenvalue weighted by Gasteiger charge is 2.06. The molecule has 1 aromatic carbocycles. The van der Waals surface area contributed by atoms with E-state index in [9.17, 15) is 9.59 Å². The number of carbonyl (C=O) groups is 2. The third-order valence-corrected chi connectivity index (χ3v) is 2.48. The van der Waals surface area contributed by atoms with Crippen molar-refractivity contribution in [1.29, 1.82) is 0 Å². The molecular formula is C13H18N2O3. The van der Waals surface area contributed by atoms with Crippen LogP contribution in [0.4, 0.5) is 0 Å². The second-order valence-electron chi connectivity index (χ2n) is 3.95. The van der Waals surface area contributed by atoms with E-state index < -0.39 is 5.97 Å². The van der Waals surface area contributed by atoms with Gasteiger partial charge in [0.2, 0.25) is 0 Å². The predicted octanol–water partition coefficient (Wildman–Crippen LogP) is 0.653. The van der Waals surface area contributed by atoms with Gasteiger partial charge < -0.3 is 15.7 Å². The van der Waals surface area contributed by atoms with Gasteiger partial charge >= 0.3 is 5.97 Å². The molecule has 0 aliphatic rings. The van der Waals surface area contributed by atoms with Crippen LogP contribution in [0, 0.1) is 0 Å². The fourth-order valence-corrected chi connectivity index (χ4v) is 1.52. The number of carboxylic acids is 1. The van der Waals surface area contributed by atoms with Crippen molar-refractivity contribution >= 4 is 11.9 Å². The van der Waals surface area contributed by atoms with Crippen LogP contribution in [0.5, 0.6) is 0 Å². The Hall–Kier alpha value is -1.88. The van der Waals surface area contributed by atoms with E-state index in [1.807, 2.05) is 25.2 Å². The minimum Gasteiger partial charge on any atom is -0.481 e. The molecule has 0 bridgehead atoms. The number of carboxylic acid groups (broad SMARTS) is 1. The molecule has 5 nitrogen and oxygen atoms in total. The number of rotatable bonds is 7. The van der Waals surface area contributed by atoms with Gasteiger partial charge in [-0.15, -0.1) is 0 Å². The molecule has 0 spiro atoms. The zero-order chi connectivity index (χ0) is 13.4. The van der Waals surface area contributed by atoms with E-state index in [2.05, 4.69) is 10.6 Å². The maximum atomic E-state index is 11.7. The number of benzene rings is 1. The molecule has 1 aromatic rings. The summed E-state index contributed by atoms with van der Waals surface area (Å²) in [6.45, 7) is 0.999. The second kappa shape index (κ2) is 7.45. The van der Waals surface area contributed by atoms with Crippen molar-refractivity contribution in [3.05, 3.63) is 35.4 Å². The number of carbonyl (C=O) groups excluding carboxylic acids is 1. The zero-order valence-electron chi connectivity index (χ0n) is 10.4. The van der Waals surface area contributed by atoms with Crippen LogP contribution in [0.15, 0.2) is 24.3 Å². The maximum Gasteiger partial charge on any atom is 0.305 e. The molecule has 0 unspecified atom stereocenters. The van der Waals surface area contributed by atoms with E-state index in [0.717, 1.165) is 18.5 Å². The summed E-state index contributed by atoms with van der Waals surface area (Å²) in [7, 11) is 1.88. The second-order valence-corrected chi connectivity index (χ2v) is 3.95. The average Bonchev–Trinajstić information content (AvgIpc) is 2.36. The SMILES string of the molecule is CNCCc1cccc(C(=O)NCCC(=O)O)c1. The third-order valence-electron chi connectivity index (χ3n) is 2.48. The summed E-state index contributed by atoms with van der Waals surface area (Å²) in [6, 6.07) is 7.34. The van der Waals surface area contributed by atoms with Crippen molar-refractivity contribution in [2.45, 2.75) is 12.8 Å². The molecule has 98 valence electrons. The first-order chi connectivity index (χ1) is 8.63. The Bertz CT molecular complexity index is 418. The van der Waals surface area contributed by atoms with Gasteiger partial charge in [-0.3, -0.25) is 9.59 Å². The molecule has 18 heavy (non-hydrogen) atoms. The number of hydrogen-bond donors (Lipinski definition) is 3. The zero-order valence-corrected chi connectivity index (χ0v) is 10.4. The van der Waals surface area contributed by atoms with Crippen molar-refractivity contribution in [2.75, 3.05) is 20.1 Å². The Balaban J connectivity index is 2.54. The van der Waals surface area contributed by atoms with Gasteiger partial charge in [-0.25, -0.2) is 0 Å². The molecule has 0 aliphatic heterocycles. The van der Waals surface area contributed by atoms with Gasteiger partial charge in [0.25, 0.3) is 5.91 Å². The summed E-state index contributed by atoms with van der Waals surface area (Å²) in [6.07, 6.45) is 0.790. The molecule has 1 amide bonds. The topological polar surface area (TPSA) is 78.4 Å². The van der Waals surface area contributed by atoms with Gasteiger partial charge in [-0.1, -0.05) is 12.1 Å². The lowest BCUT2D eigenvalue weighted by molar-refractivity contribution is -0.136. The number of nitrogens with one attached hydrogen (secondary N) is 2. The van der Waals surface area contributed by atoms with Crippen LogP contribution in [0.2, 0.25) is 0 Å². The Morgan fingerprint density at radius 2 is 2.06 bits per heavy atom. The van der Waals surface area contributed by atoms with Crippen LogP contribution in [0.25, 0.3) is 0 Å². The highest BCUT2D eigenvalue weighted by Crippen LogP contribution is 2.05. The quantitative estimate of drug-likeness (QED) is 0.664. The van der Waals surface area contributed by atoms with Crippen LogP contribution < -0.4 is 10.6 Å². The average molecular weight is 250 g/mol. The van der Waals surface area contributed by atoms with E-state index in [0.29, 0.717) is 5.56 Å². The maximum absolute atomic E-state index is 11.7. The lowest BCUT2D eigenvalue weighted by Gasteiger charge is -2.06. The van der Waals surface area contributed by atoms with Crippen LogP contribution in [-0.2, 0) is 11.2 Å². The molecule has 0 saturated heterocycles. The highest BCUT2D eigenvalue weighted by atomic mass is 16.4. The molecule has 0 atom stereocenters. The smallest absolute Gasteiger partial charge is 0.305 e. The molecule has 0 heterocycles. The Morgan fingerprint density at radius 3 is 2.72 bits per heavy atom. The molecular weight excluding hydrogens is 232 g/mol. The highest BCUT2D eigenvalue weighted by molar-refractivity contribution is 5.94. The first-order valence-electron chi connectivity index (χ1n) is 5.87. The van der Waals surface area contributed by atoms with E-state index in [1.54, 1.807) is 6.07 Å². The summed E-state index contributed by atoms with van der Waals surface area (Å²) >= 11 is 0. The summed E-state index contributed by atoms with van der Waals surface area (Å²) in [5.74, 6) is -1.15. The molecule has 0 fully saturated rings. The summed E-state index contributed by atoms with van der Waals surface area (Å²) in [4.78, 5) is 22.1. The van der Waals surface area contributed by atoms with Gasteiger partial charge in [0.15, 0.2) is 0 Å². The largest absolute Gasteiger partial charge is 0.481 e. The summed E-state index contributed by atoms with van der Waals surface area (Å²) in [5.41, 5.74) is 1.64. The van der Waals surface area contributed by atoms with Crippen molar-refractivity contribution in [3.63, 3.8) is 0 Å². The van der Waals surface area contributed by atoms with E-state index >= 15 is 0 Å². The Labute approximate surface area is 106 Å². The third kappa shape index (κ3) is 4.97. The summed E-state index contributed by atoms with van der Waals surface area (Å²) in [5, 5.41) is 14.1. The Morgan fingerprint density at radius 1 is 1.28 bits per heavy atom. The van der Waals surface area contributed by atoms with Crippen molar-refractivity contribution in [1.82, 2.24) is 10.6 Å². The summed E-state index contributed by atoms with van der Waals surface area (Å²) < 4.78 is 0. The van der Waals surface area contributed by atoms with Crippen LogP contribution in [0.3, 0.4) is 0 Å². The molecule has 5 heteroatoms. The predicted molar refractivity (Wildman–Crippen MR) is 68.7 cm³/mol. The normalized spacial score (nSPS) is 10.1. The minimum absolute atomic E-state index is 0.0643. The molecule has 1 rings (SSSR count). The molecule has 0 radical (unpaired) electrons. The lowest BCUT2D eigenvalue weighted by Crippen LogP contribution is -2.26. The number of aliphatic carboxylic acids is 1. The van der Waals surface area contributed by atoms with Crippen LogP contribution in [-0.4, -0.2) is 37.1 Å². The Kier molecular flexibility index (Phi) is 5.87. The lowest BCUT2D eigenvalue weighted by atomic mass is 10.1. The van der Waals surface area contributed by atoms with Crippen molar-refractivity contribution < 1.29 is 14.7 Å². The van der Waals surface area contributed by atoms with Crippen molar-refractivity contribution in [2.24, 2.45) is 0 Å². The molecule has 3 N–H and O–H groups in total. The molecule has 0 aromatic heterocycles. The standard InChI is InChI=1S/C13H18N2O3/c1-14-7-5-10-3-2-4-11(9-10)13(18)15-8-6-12(16)17/h2-4,9,14H,5-8H2,1H3,(H,15,18)(H,16,17). The number of amides is 1. The molecule has 0 aliphatic carbocycles. The van der Waals surface area contributed by atoms with E-state index in [1.165, 1.54) is 0 Å². The van der Waals surface area contributed by atoms with Gasteiger partial charge in [-0.05, 0) is 37.7 Å². The van der Waals surface area contributed by atoms with Crippen LogP contribution >= 0.6 is 0 Å². The number of likely N-dealkylation sites (N-methyl/N-ethyl adjacent to an activating group) is 1. The van der Waals surface area contributed by atoms with Gasteiger partial charge in [0.1, 0.15) is 0 Å². The fraction of sp³-hybridized carbons (Fsp3) is 0.385. The molecule has 0 saturated carbocycles. The minimum atomic E-state index is -0.918. The van der Waals surface area contributed by atoms with E-state index in [-0.39, 0.29) is 18.9 Å². The first-order valence-corrected chi connectivity index (χ1v) is 5.87. The van der Waals surface area contributed by atoms with E-state index in [4.69, 9.17) is 5.11 Å². The van der Waals surface area contributed by atoms with Crippen molar-refractivity contribution in [3.8, 4) is 0 Å². The number of hydrogen-bond acceptors (Lipinski definition) is 3. The fourth-order valence-electron chi connectivity index (χ4n) is 1.52.